The van der Waals surface area contributed by atoms with Crippen LogP contribution in [0.4, 0.5) is 0 Å². The molecule has 2 rings (SSSR count). The lowest BCUT2D eigenvalue weighted by molar-refractivity contribution is 0.102. The van der Waals surface area contributed by atoms with Crippen LogP contribution in [0.3, 0.4) is 0 Å². The molecule has 2 aromatic rings. The fraction of sp³-hybridized carbons (Fsp3) is 0.312. The molecule has 0 spiro atoms. The number of aromatic nitrogens is 1. The minimum absolute atomic E-state index is 0.0228. The first-order valence-corrected chi connectivity index (χ1v) is 6.84. The van der Waals surface area contributed by atoms with Gasteiger partial charge in [-0.15, -0.1) is 11.6 Å². The number of alkyl halides is 1. The second-order valence-corrected chi connectivity index (χ2v) is 5.29. The van der Waals surface area contributed by atoms with Gasteiger partial charge in [0.1, 0.15) is 0 Å². The first-order chi connectivity index (χ1) is 8.93. The minimum Gasteiger partial charge on any atom is -0.318 e. The van der Waals surface area contributed by atoms with Gasteiger partial charge in [0.15, 0.2) is 5.78 Å². The van der Waals surface area contributed by atoms with Crippen LogP contribution < -0.4 is 0 Å². The van der Waals surface area contributed by atoms with Crippen LogP contribution in [0, 0.1) is 27.7 Å². The molecule has 3 heteroatoms. The summed E-state index contributed by atoms with van der Waals surface area (Å²) in [5.41, 5.74) is 6.25. The highest BCUT2D eigenvalue weighted by Gasteiger charge is 2.15. The summed E-state index contributed by atoms with van der Waals surface area (Å²) >= 11 is 5.66. The Kier molecular flexibility index (Phi) is 3.81. The SMILES string of the molecule is Cc1cc(C)cc(-n2c(C)cc(C(=O)CCl)c2C)c1. The molecule has 0 bridgehead atoms. The topological polar surface area (TPSA) is 22.0 Å². The van der Waals surface area contributed by atoms with E-state index in [-0.39, 0.29) is 11.7 Å². The van der Waals surface area contributed by atoms with Gasteiger partial charge in [-0.2, -0.15) is 0 Å². The maximum absolute atomic E-state index is 11.8. The van der Waals surface area contributed by atoms with Gasteiger partial charge in [-0.05, 0) is 57.0 Å². The summed E-state index contributed by atoms with van der Waals surface area (Å²) in [5, 5.41) is 0. The van der Waals surface area contributed by atoms with Crippen molar-refractivity contribution < 1.29 is 4.79 Å². The number of rotatable bonds is 3. The van der Waals surface area contributed by atoms with Gasteiger partial charge in [0.2, 0.25) is 0 Å². The monoisotopic (exact) mass is 275 g/mol. The Morgan fingerprint density at radius 1 is 1.05 bits per heavy atom. The van der Waals surface area contributed by atoms with E-state index in [0.29, 0.717) is 5.56 Å². The number of aryl methyl sites for hydroxylation is 3. The molecule has 0 aliphatic heterocycles. The molecule has 19 heavy (non-hydrogen) atoms. The lowest BCUT2D eigenvalue weighted by Gasteiger charge is -2.12. The summed E-state index contributed by atoms with van der Waals surface area (Å²) in [4.78, 5) is 11.8. The van der Waals surface area contributed by atoms with E-state index in [1.54, 1.807) is 0 Å². The molecule has 0 saturated carbocycles. The molecule has 0 unspecified atom stereocenters. The first-order valence-electron chi connectivity index (χ1n) is 6.31. The van der Waals surface area contributed by atoms with E-state index < -0.39 is 0 Å². The zero-order valence-corrected chi connectivity index (χ0v) is 12.5. The number of Topliss-reactive ketones (excluding diaryl/α,β-unsaturated/α-hetero) is 1. The largest absolute Gasteiger partial charge is 0.318 e. The van der Waals surface area contributed by atoms with Crippen LogP contribution >= 0.6 is 11.6 Å². The van der Waals surface area contributed by atoms with Crippen molar-refractivity contribution in [1.29, 1.82) is 0 Å². The first kappa shape index (κ1) is 13.9. The molecule has 0 aliphatic carbocycles. The Morgan fingerprint density at radius 2 is 1.63 bits per heavy atom. The lowest BCUT2D eigenvalue weighted by Crippen LogP contribution is -2.04. The zero-order valence-electron chi connectivity index (χ0n) is 11.7. The Hall–Kier alpha value is -1.54. The summed E-state index contributed by atoms with van der Waals surface area (Å²) in [6.07, 6.45) is 0. The summed E-state index contributed by atoms with van der Waals surface area (Å²) in [7, 11) is 0. The summed E-state index contributed by atoms with van der Waals surface area (Å²) < 4.78 is 2.11. The quantitative estimate of drug-likeness (QED) is 0.610. The van der Waals surface area contributed by atoms with E-state index in [0.717, 1.165) is 17.1 Å². The number of benzene rings is 1. The van der Waals surface area contributed by atoms with Gasteiger partial charge in [-0.1, -0.05) is 6.07 Å². The fourth-order valence-corrected chi connectivity index (χ4v) is 2.74. The second kappa shape index (κ2) is 5.22. The third-order valence-corrected chi connectivity index (χ3v) is 3.56. The normalized spacial score (nSPS) is 10.8. The number of nitrogens with zero attached hydrogens (tertiary/aromatic N) is 1. The Bertz CT molecular complexity index is 620. The van der Waals surface area contributed by atoms with Crippen LogP contribution in [-0.4, -0.2) is 16.2 Å². The summed E-state index contributed by atoms with van der Waals surface area (Å²) in [5.74, 6) is 0.00215. The second-order valence-electron chi connectivity index (χ2n) is 5.02. The van der Waals surface area contributed by atoms with Gasteiger partial charge in [0, 0.05) is 22.6 Å². The van der Waals surface area contributed by atoms with Gasteiger partial charge in [-0.3, -0.25) is 4.79 Å². The highest BCUT2D eigenvalue weighted by Crippen LogP contribution is 2.23. The average molecular weight is 276 g/mol. The number of ketones is 1. The predicted molar refractivity (Wildman–Crippen MR) is 79.8 cm³/mol. The molecule has 0 amide bonds. The van der Waals surface area contributed by atoms with Crippen molar-refractivity contribution in [2.24, 2.45) is 0 Å². The average Bonchev–Trinajstić information content (AvgIpc) is 2.62. The maximum Gasteiger partial charge on any atom is 0.179 e. The van der Waals surface area contributed by atoms with Crippen molar-refractivity contribution in [3.05, 3.63) is 52.3 Å². The number of hydrogen-bond acceptors (Lipinski definition) is 1. The molecule has 1 aromatic carbocycles. The highest BCUT2D eigenvalue weighted by molar-refractivity contribution is 6.30. The molecule has 0 saturated heterocycles. The van der Waals surface area contributed by atoms with Crippen molar-refractivity contribution in [2.45, 2.75) is 27.7 Å². The Morgan fingerprint density at radius 3 is 2.16 bits per heavy atom. The van der Waals surface area contributed by atoms with Crippen molar-refractivity contribution in [3.8, 4) is 5.69 Å². The van der Waals surface area contributed by atoms with Crippen LogP contribution in [0.15, 0.2) is 24.3 Å². The molecule has 0 atom stereocenters. The van der Waals surface area contributed by atoms with Gasteiger partial charge in [0.05, 0.1) is 5.88 Å². The molecule has 1 aromatic heterocycles. The van der Waals surface area contributed by atoms with Crippen LogP contribution in [-0.2, 0) is 0 Å². The smallest absolute Gasteiger partial charge is 0.179 e. The summed E-state index contributed by atoms with van der Waals surface area (Å²) in [6, 6.07) is 8.31. The molecule has 1 heterocycles. The van der Waals surface area contributed by atoms with E-state index in [4.69, 9.17) is 11.6 Å². The highest BCUT2D eigenvalue weighted by atomic mass is 35.5. The molecule has 0 fully saturated rings. The molecule has 100 valence electrons. The van der Waals surface area contributed by atoms with E-state index >= 15 is 0 Å². The van der Waals surface area contributed by atoms with Crippen LogP contribution in [0.1, 0.15) is 32.9 Å². The molecular formula is C16H18ClNO. The molecule has 0 N–H and O–H groups in total. The van der Waals surface area contributed by atoms with Crippen LogP contribution in [0.25, 0.3) is 5.69 Å². The minimum atomic E-state index is -0.0228. The third kappa shape index (κ3) is 2.59. The van der Waals surface area contributed by atoms with Crippen LogP contribution in [0.5, 0.6) is 0 Å². The molecule has 2 nitrogen and oxygen atoms in total. The fourth-order valence-electron chi connectivity index (χ4n) is 2.59. The number of halogens is 1. The van der Waals surface area contributed by atoms with E-state index in [2.05, 4.69) is 36.6 Å². The van der Waals surface area contributed by atoms with Gasteiger partial charge in [0.25, 0.3) is 0 Å². The standard InChI is InChI=1S/C16H18ClNO/c1-10-5-11(2)7-14(6-10)18-12(3)8-15(13(18)4)16(19)9-17/h5-8H,9H2,1-4H3. The Labute approximate surface area is 119 Å². The number of carbonyl (C=O) groups excluding carboxylic acids is 1. The van der Waals surface area contributed by atoms with Crippen molar-refractivity contribution in [3.63, 3.8) is 0 Å². The van der Waals surface area contributed by atoms with Crippen LogP contribution in [0.2, 0.25) is 0 Å². The van der Waals surface area contributed by atoms with Gasteiger partial charge >= 0.3 is 0 Å². The predicted octanol–water partition coefficient (Wildman–Crippen LogP) is 4.13. The zero-order chi connectivity index (χ0) is 14.2. The van der Waals surface area contributed by atoms with Crippen molar-refractivity contribution >= 4 is 17.4 Å². The van der Waals surface area contributed by atoms with Crippen molar-refractivity contribution in [1.82, 2.24) is 4.57 Å². The Balaban J connectivity index is 2.62. The van der Waals surface area contributed by atoms with Gasteiger partial charge < -0.3 is 4.57 Å². The van der Waals surface area contributed by atoms with E-state index in [1.165, 1.54) is 11.1 Å². The molecular weight excluding hydrogens is 258 g/mol. The van der Waals surface area contributed by atoms with Gasteiger partial charge in [-0.25, -0.2) is 0 Å². The number of carbonyl (C=O) groups is 1. The van der Waals surface area contributed by atoms with Crippen molar-refractivity contribution in [2.75, 3.05) is 5.88 Å². The number of hydrogen-bond donors (Lipinski definition) is 0. The molecule has 0 radical (unpaired) electrons. The van der Waals surface area contributed by atoms with E-state index in [9.17, 15) is 4.79 Å². The lowest BCUT2D eigenvalue weighted by atomic mass is 10.1. The maximum atomic E-state index is 11.8. The molecule has 0 aliphatic rings. The third-order valence-electron chi connectivity index (χ3n) is 3.32. The van der Waals surface area contributed by atoms with E-state index in [1.807, 2.05) is 19.9 Å². The summed E-state index contributed by atoms with van der Waals surface area (Å²) in [6.45, 7) is 8.13.